The predicted octanol–water partition coefficient (Wildman–Crippen LogP) is 5.06. The van der Waals surface area contributed by atoms with Gasteiger partial charge in [0, 0.05) is 11.4 Å². The molecule has 0 aliphatic heterocycles. The van der Waals surface area contributed by atoms with E-state index in [1.165, 1.54) is 22.7 Å². The Labute approximate surface area is 152 Å². The molecule has 7 heteroatoms. The SMILES string of the molecule is Cc1cccc(NC(=O)c2cc3sc(Nc4ccccc4)nc3s2)n1. The molecule has 4 rings (SSSR count). The Morgan fingerprint density at radius 2 is 1.84 bits per heavy atom. The zero-order valence-electron chi connectivity index (χ0n) is 13.3. The highest BCUT2D eigenvalue weighted by atomic mass is 32.1. The third kappa shape index (κ3) is 3.52. The van der Waals surface area contributed by atoms with Gasteiger partial charge in [-0.15, -0.1) is 11.3 Å². The molecule has 0 saturated heterocycles. The third-order valence-electron chi connectivity index (χ3n) is 3.47. The second-order valence-electron chi connectivity index (χ2n) is 5.41. The van der Waals surface area contributed by atoms with E-state index in [4.69, 9.17) is 0 Å². The van der Waals surface area contributed by atoms with Gasteiger partial charge in [0.1, 0.15) is 10.6 Å². The summed E-state index contributed by atoms with van der Waals surface area (Å²) in [4.78, 5) is 22.7. The summed E-state index contributed by atoms with van der Waals surface area (Å²) >= 11 is 2.91. The molecule has 25 heavy (non-hydrogen) atoms. The van der Waals surface area contributed by atoms with Crippen molar-refractivity contribution in [3.05, 3.63) is 65.2 Å². The average molecular weight is 366 g/mol. The second-order valence-corrected chi connectivity index (χ2v) is 7.47. The van der Waals surface area contributed by atoms with Gasteiger partial charge in [-0.3, -0.25) is 4.79 Å². The number of hydrogen-bond acceptors (Lipinski definition) is 6. The molecule has 0 spiro atoms. The van der Waals surface area contributed by atoms with Crippen molar-refractivity contribution in [2.75, 3.05) is 10.6 Å². The highest BCUT2D eigenvalue weighted by Crippen LogP contribution is 2.34. The summed E-state index contributed by atoms with van der Waals surface area (Å²) in [7, 11) is 0. The molecule has 3 aromatic heterocycles. The molecule has 124 valence electrons. The van der Waals surface area contributed by atoms with E-state index in [2.05, 4.69) is 20.6 Å². The van der Waals surface area contributed by atoms with E-state index in [0.29, 0.717) is 10.7 Å². The fraction of sp³-hybridized carbons (Fsp3) is 0.0556. The number of pyridine rings is 1. The van der Waals surface area contributed by atoms with Gasteiger partial charge in [0.25, 0.3) is 5.91 Å². The van der Waals surface area contributed by atoms with Crippen LogP contribution in [0.15, 0.2) is 54.6 Å². The smallest absolute Gasteiger partial charge is 0.267 e. The molecule has 0 fully saturated rings. The minimum Gasteiger partial charge on any atom is -0.332 e. The Hall–Kier alpha value is -2.77. The fourth-order valence-corrected chi connectivity index (χ4v) is 4.37. The van der Waals surface area contributed by atoms with Crippen molar-refractivity contribution in [3.8, 4) is 0 Å². The number of para-hydroxylation sites is 1. The summed E-state index contributed by atoms with van der Waals surface area (Å²) in [5.74, 6) is 0.395. The van der Waals surface area contributed by atoms with Crippen LogP contribution in [0.5, 0.6) is 0 Å². The number of carbonyl (C=O) groups excluding carboxylic acids is 1. The van der Waals surface area contributed by atoms with Crippen LogP contribution in [-0.4, -0.2) is 15.9 Å². The maximum Gasteiger partial charge on any atom is 0.267 e. The van der Waals surface area contributed by atoms with Gasteiger partial charge in [-0.05, 0) is 37.3 Å². The number of carbonyl (C=O) groups is 1. The van der Waals surface area contributed by atoms with Gasteiger partial charge in [-0.1, -0.05) is 35.6 Å². The molecule has 1 aromatic carbocycles. The maximum atomic E-state index is 12.4. The molecule has 0 radical (unpaired) electrons. The molecule has 0 aliphatic carbocycles. The molecule has 0 bridgehead atoms. The Morgan fingerprint density at radius 1 is 1.00 bits per heavy atom. The van der Waals surface area contributed by atoms with Crippen molar-refractivity contribution in [2.24, 2.45) is 0 Å². The number of nitrogens with one attached hydrogen (secondary N) is 2. The second kappa shape index (κ2) is 6.62. The molecule has 0 atom stereocenters. The molecule has 0 saturated carbocycles. The van der Waals surface area contributed by atoms with Crippen molar-refractivity contribution in [2.45, 2.75) is 6.92 Å². The molecule has 5 nitrogen and oxygen atoms in total. The number of fused-ring (bicyclic) bond motifs is 1. The van der Waals surface area contributed by atoms with Crippen LogP contribution < -0.4 is 10.6 Å². The molecule has 0 unspecified atom stereocenters. The molecule has 0 aliphatic rings. The Morgan fingerprint density at radius 3 is 2.60 bits per heavy atom. The van der Waals surface area contributed by atoms with E-state index >= 15 is 0 Å². The topological polar surface area (TPSA) is 66.9 Å². The van der Waals surface area contributed by atoms with E-state index in [1.54, 1.807) is 6.07 Å². The Bertz CT molecular complexity index is 1010. The van der Waals surface area contributed by atoms with E-state index in [-0.39, 0.29) is 5.91 Å². The lowest BCUT2D eigenvalue weighted by Gasteiger charge is -2.03. The normalized spacial score (nSPS) is 10.8. The van der Waals surface area contributed by atoms with Crippen LogP contribution in [0.4, 0.5) is 16.6 Å². The van der Waals surface area contributed by atoms with E-state index in [9.17, 15) is 4.79 Å². The number of rotatable bonds is 4. The van der Waals surface area contributed by atoms with Crippen LogP contribution in [0, 0.1) is 6.92 Å². The van der Waals surface area contributed by atoms with Gasteiger partial charge in [-0.25, -0.2) is 9.97 Å². The lowest BCUT2D eigenvalue weighted by atomic mass is 10.3. The Balaban J connectivity index is 1.52. The minimum atomic E-state index is -0.161. The summed E-state index contributed by atoms with van der Waals surface area (Å²) in [6.07, 6.45) is 0. The summed E-state index contributed by atoms with van der Waals surface area (Å²) in [6, 6.07) is 17.3. The average Bonchev–Trinajstić information content (AvgIpc) is 3.14. The molecule has 4 aromatic rings. The first-order valence-electron chi connectivity index (χ1n) is 7.65. The largest absolute Gasteiger partial charge is 0.332 e. The lowest BCUT2D eigenvalue weighted by Crippen LogP contribution is -2.11. The van der Waals surface area contributed by atoms with Gasteiger partial charge in [0.05, 0.1) is 9.58 Å². The molecular weight excluding hydrogens is 352 g/mol. The number of nitrogens with zero attached hydrogens (tertiary/aromatic N) is 2. The van der Waals surface area contributed by atoms with Crippen LogP contribution in [0.3, 0.4) is 0 Å². The van der Waals surface area contributed by atoms with Gasteiger partial charge in [-0.2, -0.15) is 0 Å². The van der Waals surface area contributed by atoms with Crippen molar-refractivity contribution in [1.29, 1.82) is 0 Å². The van der Waals surface area contributed by atoms with Gasteiger partial charge in [0.2, 0.25) is 0 Å². The fourth-order valence-electron chi connectivity index (χ4n) is 2.34. The highest BCUT2D eigenvalue weighted by Gasteiger charge is 2.14. The monoisotopic (exact) mass is 366 g/mol. The summed E-state index contributed by atoms with van der Waals surface area (Å²) in [6.45, 7) is 1.89. The van der Waals surface area contributed by atoms with Crippen LogP contribution in [-0.2, 0) is 0 Å². The first-order valence-corrected chi connectivity index (χ1v) is 9.28. The molecule has 3 heterocycles. The van der Waals surface area contributed by atoms with E-state index in [0.717, 1.165) is 26.0 Å². The van der Waals surface area contributed by atoms with Gasteiger partial charge < -0.3 is 10.6 Å². The first kappa shape index (κ1) is 15.7. The van der Waals surface area contributed by atoms with Crippen LogP contribution in [0.2, 0.25) is 0 Å². The zero-order chi connectivity index (χ0) is 17.2. The number of hydrogen-bond donors (Lipinski definition) is 2. The number of aromatic nitrogens is 2. The van der Waals surface area contributed by atoms with Crippen molar-refractivity contribution >= 4 is 54.7 Å². The number of thiazole rings is 1. The number of aryl methyl sites for hydroxylation is 1. The van der Waals surface area contributed by atoms with Crippen LogP contribution >= 0.6 is 22.7 Å². The minimum absolute atomic E-state index is 0.161. The molecule has 2 N–H and O–H groups in total. The summed E-state index contributed by atoms with van der Waals surface area (Å²) in [5.41, 5.74) is 1.86. The third-order valence-corrected chi connectivity index (χ3v) is 5.54. The predicted molar refractivity (Wildman–Crippen MR) is 104 cm³/mol. The summed E-state index contributed by atoms with van der Waals surface area (Å²) < 4.78 is 0.991. The van der Waals surface area contributed by atoms with Crippen LogP contribution in [0.1, 0.15) is 15.4 Å². The maximum absolute atomic E-state index is 12.4. The van der Waals surface area contributed by atoms with Crippen LogP contribution in [0.25, 0.3) is 9.53 Å². The zero-order valence-corrected chi connectivity index (χ0v) is 14.9. The lowest BCUT2D eigenvalue weighted by molar-refractivity contribution is 0.103. The van der Waals surface area contributed by atoms with Crippen molar-refractivity contribution < 1.29 is 4.79 Å². The number of benzene rings is 1. The molecular formula is C18H14N4OS2. The Kier molecular flexibility index (Phi) is 4.17. The number of amides is 1. The van der Waals surface area contributed by atoms with Crippen molar-refractivity contribution in [1.82, 2.24) is 9.97 Å². The quantitative estimate of drug-likeness (QED) is 0.530. The van der Waals surface area contributed by atoms with Crippen molar-refractivity contribution in [3.63, 3.8) is 0 Å². The standard InChI is InChI=1S/C18H14N4OS2/c1-11-6-5-9-15(19-11)21-16(23)13-10-14-17(24-13)22-18(25-14)20-12-7-3-2-4-8-12/h2-10H,1H3,(H,20,22)(H,19,21,23). The van der Waals surface area contributed by atoms with Gasteiger partial charge in [0.15, 0.2) is 5.13 Å². The first-order chi connectivity index (χ1) is 12.2. The van der Waals surface area contributed by atoms with E-state index in [1.807, 2.05) is 55.5 Å². The summed E-state index contributed by atoms with van der Waals surface area (Å²) in [5, 5.41) is 6.92. The van der Waals surface area contributed by atoms with Gasteiger partial charge >= 0.3 is 0 Å². The number of anilines is 3. The highest BCUT2D eigenvalue weighted by molar-refractivity contribution is 7.29. The number of thiophene rings is 1. The van der Waals surface area contributed by atoms with E-state index < -0.39 is 0 Å². The molecule has 1 amide bonds.